The lowest BCUT2D eigenvalue weighted by Gasteiger charge is -2.10. The fourth-order valence-electron chi connectivity index (χ4n) is 3.66. The number of non-ortho nitro benzene ring substituents is 1. The maximum atomic E-state index is 12.5. The number of para-hydroxylation sites is 1. The highest BCUT2D eigenvalue weighted by atomic mass is 16.6. The van der Waals surface area contributed by atoms with Gasteiger partial charge in [-0.2, -0.15) is 0 Å². The minimum absolute atomic E-state index is 0.00813. The summed E-state index contributed by atoms with van der Waals surface area (Å²) in [4.78, 5) is 22.8. The van der Waals surface area contributed by atoms with Crippen molar-refractivity contribution in [2.75, 3.05) is 10.6 Å². The zero-order chi connectivity index (χ0) is 20.5. The Morgan fingerprint density at radius 2 is 1.76 bits per heavy atom. The summed E-state index contributed by atoms with van der Waals surface area (Å²) in [5, 5.41) is 18.7. The van der Waals surface area contributed by atoms with Crippen LogP contribution < -0.4 is 10.6 Å². The molecule has 0 aliphatic heterocycles. The highest BCUT2D eigenvalue weighted by Gasteiger charge is 2.12. The summed E-state index contributed by atoms with van der Waals surface area (Å²) in [5.74, 6) is 0. The van der Waals surface area contributed by atoms with Gasteiger partial charge in [0.2, 0.25) is 0 Å². The van der Waals surface area contributed by atoms with E-state index in [1.807, 2.05) is 30.3 Å². The first-order valence-corrected chi connectivity index (χ1v) is 9.32. The van der Waals surface area contributed by atoms with Crippen molar-refractivity contribution in [1.29, 1.82) is 0 Å². The molecule has 0 aliphatic carbocycles. The number of nitro groups is 1. The fourth-order valence-corrected chi connectivity index (χ4v) is 3.66. The Hall–Kier alpha value is -3.87. The van der Waals surface area contributed by atoms with Crippen LogP contribution in [0.15, 0.2) is 60.7 Å². The number of benzene rings is 3. The molecule has 29 heavy (non-hydrogen) atoms. The molecule has 4 aromatic rings. The number of aryl methyl sites for hydroxylation is 2. The molecule has 0 radical (unpaired) electrons. The van der Waals surface area contributed by atoms with Gasteiger partial charge in [0.15, 0.2) is 0 Å². The predicted molar refractivity (Wildman–Crippen MR) is 116 cm³/mol. The first kappa shape index (κ1) is 18.5. The van der Waals surface area contributed by atoms with E-state index in [0.717, 1.165) is 28.4 Å². The summed E-state index contributed by atoms with van der Waals surface area (Å²) < 4.78 is 2.24. The Morgan fingerprint density at radius 3 is 2.48 bits per heavy atom. The van der Waals surface area contributed by atoms with Gasteiger partial charge in [0.1, 0.15) is 0 Å². The monoisotopic (exact) mass is 388 g/mol. The van der Waals surface area contributed by atoms with Gasteiger partial charge in [-0.3, -0.25) is 10.1 Å². The van der Waals surface area contributed by atoms with Crippen LogP contribution in [0.3, 0.4) is 0 Å². The third-order valence-electron chi connectivity index (χ3n) is 5.02. The number of amides is 2. The number of nitrogens with one attached hydrogen (secondary N) is 2. The number of urea groups is 1. The van der Waals surface area contributed by atoms with Crippen molar-refractivity contribution in [3.63, 3.8) is 0 Å². The van der Waals surface area contributed by atoms with Crippen LogP contribution in [0.25, 0.3) is 21.8 Å². The summed E-state index contributed by atoms with van der Waals surface area (Å²) >= 11 is 0. The standard InChI is InChI=1S/C22H20N4O3/c1-3-25-20-7-5-4-6-17(20)18-13-15(8-11-21(18)25)23-22(27)24-19-10-9-16(26(28)29)12-14(19)2/h4-13H,3H2,1-2H3,(H2,23,24,27). The lowest BCUT2D eigenvalue weighted by atomic mass is 10.1. The fraction of sp³-hybridized carbons (Fsp3) is 0.136. The molecule has 146 valence electrons. The molecule has 0 saturated heterocycles. The first-order chi connectivity index (χ1) is 14.0. The molecule has 0 fully saturated rings. The zero-order valence-electron chi connectivity index (χ0n) is 16.1. The molecule has 0 bridgehead atoms. The average molecular weight is 388 g/mol. The molecular formula is C22H20N4O3. The van der Waals surface area contributed by atoms with Crippen molar-refractivity contribution in [3.8, 4) is 0 Å². The Morgan fingerprint density at radius 1 is 1.00 bits per heavy atom. The van der Waals surface area contributed by atoms with Gasteiger partial charge in [-0.25, -0.2) is 4.79 Å². The smallest absolute Gasteiger partial charge is 0.323 e. The van der Waals surface area contributed by atoms with Crippen LogP contribution in [0.2, 0.25) is 0 Å². The van der Waals surface area contributed by atoms with Gasteiger partial charge in [0.05, 0.1) is 4.92 Å². The van der Waals surface area contributed by atoms with Gasteiger partial charge >= 0.3 is 6.03 Å². The number of hydrogen-bond donors (Lipinski definition) is 2. The third kappa shape index (κ3) is 3.38. The zero-order valence-corrected chi connectivity index (χ0v) is 16.1. The van der Waals surface area contributed by atoms with Gasteiger partial charge in [0.25, 0.3) is 5.69 Å². The molecule has 0 spiro atoms. The van der Waals surface area contributed by atoms with Crippen molar-refractivity contribution in [2.45, 2.75) is 20.4 Å². The molecule has 2 N–H and O–H groups in total. The molecule has 1 aromatic heterocycles. The van der Waals surface area contributed by atoms with Crippen LogP contribution in [0, 0.1) is 17.0 Å². The molecule has 2 amide bonds. The predicted octanol–water partition coefficient (Wildman–Crippen LogP) is 5.68. The number of anilines is 2. The number of fused-ring (bicyclic) bond motifs is 3. The van der Waals surface area contributed by atoms with Crippen LogP contribution in [0.1, 0.15) is 12.5 Å². The number of hydrogen-bond acceptors (Lipinski definition) is 3. The highest BCUT2D eigenvalue weighted by Crippen LogP contribution is 2.31. The second-order valence-corrected chi connectivity index (χ2v) is 6.83. The van der Waals surface area contributed by atoms with Crippen molar-refractivity contribution in [3.05, 3.63) is 76.3 Å². The lowest BCUT2D eigenvalue weighted by Crippen LogP contribution is -2.20. The molecule has 0 unspecified atom stereocenters. The van der Waals surface area contributed by atoms with E-state index in [2.05, 4.69) is 34.3 Å². The van der Waals surface area contributed by atoms with E-state index in [9.17, 15) is 14.9 Å². The maximum Gasteiger partial charge on any atom is 0.323 e. The summed E-state index contributed by atoms with van der Waals surface area (Å²) in [6, 6.07) is 18.0. The Balaban J connectivity index is 1.60. The van der Waals surface area contributed by atoms with Crippen molar-refractivity contribution in [1.82, 2.24) is 4.57 Å². The van der Waals surface area contributed by atoms with Crippen LogP contribution in [-0.4, -0.2) is 15.5 Å². The average Bonchev–Trinajstić information content (AvgIpc) is 3.02. The summed E-state index contributed by atoms with van der Waals surface area (Å²) in [7, 11) is 0. The Kier molecular flexibility index (Phi) is 4.64. The molecule has 1 heterocycles. The van der Waals surface area contributed by atoms with Crippen LogP contribution in [-0.2, 0) is 6.54 Å². The minimum Gasteiger partial charge on any atom is -0.341 e. The number of nitrogens with zero attached hydrogens (tertiary/aromatic N) is 2. The topological polar surface area (TPSA) is 89.2 Å². The van der Waals surface area contributed by atoms with Gasteiger partial charge in [-0.1, -0.05) is 18.2 Å². The molecule has 0 aliphatic rings. The quantitative estimate of drug-likeness (QED) is 0.348. The van der Waals surface area contributed by atoms with Gasteiger partial charge in [-0.15, -0.1) is 0 Å². The molecule has 0 atom stereocenters. The Labute approximate surface area is 167 Å². The molecule has 3 aromatic carbocycles. The van der Waals surface area contributed by atoms with Crippen molar-refractivity contribution >= 4 is 44.9 Å². The number of carbonyl (C=O) groups is 1. The van der Waals surface area contributed by atoms with Crippen LogP contribution >= 0.6 is 0 Å². The summed E-state index contributed by atoms with van der Waals surface area (Å²) in [6.07, 6.45) is 0. The maximum absolute atomic E-state index is 12.5. The number of nitro benzene ring substituents is 1. The molecule has 0 saturated carbocycles. The largest absolute Gasteiger partial charge is 0.341 e. The highest BCUT2D eigenvalue weighted by molar-refractivity contribution is 6.10. The minimum atomic E-state index is -0.460. The first-order valence-electron chi connectivity index (χ1n) is 9.32. The van der Waals surface area contributed by atoms with E-state index < -0.39 is 11.0 Å². The van der Waals surface area contributed by atoms with E-state index in [4.69, 9.17) is 0 Å². The van der Waals surface area contributed by atoms with E-state index in [1.54, 1.807) is 6.92 Å². The van der Waals surface area contributed by atoms with E-state index in [1.165, 1.54) is 18.2 Å². The molecular weight excluding hydrogens is 368 g/mol. The van der Waals surface area contributed by atoms with Gasteiger partial charge < -0.3 is 15.2 Å². The van der Waals surface area contributed by atoms with E-state index in [-0.39, 0.29) is 5.69 Å². The number of carbonyl (C=O) groups excluding carboxylic acids is 1. The number of rotatable bonds is 4. The Bertz CT molecular complexity index is 1260. The summed E-state index contributed by atoms with van der Waals surface area (Å²) in [6.45, 7) is 4.68. The van der Waals surface area contributed by atoms with Crippen molar-refractivity contribution in [2.24, 2.45) is 0 Å². The molecule has 4 rings (SSSR count). The van der Waals surface area contributed by atoms with Gasteiger partial charge in [0, 0.05) is 51.9 Å². The second-order valence-electron chi connectivity index (χ2n) is 6.83. The third-order valence-corrected chi connectivity index (χ3v) is 5.02. The summed E-state index contributed by atoms with van der Waals surface area (Å²) in [5.41, 5.74) is 4.09. The number of aromatic nitrogens is 1. The van der Waals surface area contributed by atoms with Gasteiger partial charge in [-0.05, 0) is 49.7 Å². The van der Waals surface area contributed by atoms with E-state index in [0.29, 0.717) is 16.9 Å². The normalized spacial score (nSPS) is 11.0. The second kappa shape index (κ2) is 7.27. The SMILES string of the molecule is CCn1c2ccccc2c2cc(NC(=O)Nc3ccc([N+](=O)[O-])cc3C)ccc21. The van der Waals surface area contributed by atoms with Crippen LogP contribution in [0.4, 0.5) is 21.9 Å². The van der Waals surface area contributed by atoms with Crippen LogP contribution in [0.5, 0.6) is 0 Å². The lowest BCUT2D eigenvalue weighted by molar-refractivity contribution is -0.384. The van der Waals surface area contributed by atoms with E-state index >= 15 is 0 Å². The molecule has 7 heteroatoms. The molecule has 7 nitrogen and oxygen atoms in total. The van der Waals surface area contributed by atoms with Crippen molar-refractivity contribution < 1.29 is 9.72 Å².